The number of nitrogens with two attached hydrogens (primary N) is 1. The maximum absolute atomic E-state index is 6.20. The van der Waals surface area contributed by atoms with Crippen molar-refractivity contribution in [3.63, 3.8) is 0 Å². The van der Waals surface area contributed by atoms with E-state index in [-0.39, 0.29) is 0 Å². The molecule has 0 atom stereocenters. The molecule has 9 heteroatoms. The lowest BCUT2D eigenvalue weighted by Crippen LogP contribution is -2.12. The van der Waals surface area contributed by atoms with Gasteiger partial charge in [-0.3, -0.25) is 0 Å². The molecule has 3 rings (SSSR count). The lowest BCUT2D eigenvalue weighted by atomic mass is 10.2. The van der Waals surface area contributed by atoms with Gasteiger partial charge >= 0.3 is 0 Å². The Labute approximate surface area is 167 Å². The van der Waals surface area contributed by atoms with Crippen molar-refractivity contribution in [1.29, 1.82) is 0 Å². The molecule has 0 spiro atoms. The van der Waals surface area contributed by atoms with E-state index in [0.717, 1.165) is 10.2 Å². The van der Waals surface area contributed by atoms with Crippen LogP contribution in [0.3, 0.4) is 0 Å². The molecule has 0 saturated carbocycles. The zero-order valence-electron chi connectivity index (χ0n) is 12.8. The monoisotopic (exact) mass is 458 g/mol. The number of ether oxygens (including phenoxy) is 1. The zero-order chi connectivity index (χ0) is 17.8. The maximum Gasteiger partial charge on any atom is 0.210 e. The van der Waals surface area contributed by atoms with Crippen molar-refractivity contribution in [3.8, 4) is 17.1 Å². The summed E-state index contributed by atoms with van der Waals surface area (Å²) in [5, 5.41) is 9.84. The standard InChI is InChI=1S/C16H13BrCl2N4OS/c17-10-1-4-12(5-2-10)24-7-8-25-16-22-21-15(23(16)20)13-6-3-11(18)9-14(13)19/h1-6,9H,7-8,20H2. The quantitative estimate of drug-likeness (QED) is 0.322. The highest BCUT2D eigenvalue weighted by Gasteiger charge is 2.15. The van der Waals surface area contributed by atoms with Gasteiger partial charge in [0.1, 0.15) is 5.75 Å². The van der Waals surface area contributed by atoms with Crippen LogP contribution in [0.2, 0.25) is 10.0 Å². The molecule has 0 aliphatic carbocycles. The summed E-state index contributed by atoms with van der Waals surface area (Å²) in [7, 11) is 0. The fraction of sp³-hybridized carbons (Fsp3) is 0.125. The van der Waals surface area contributed by atoms with E-state index in [9.17, 15) is 0 Å². The number of nitrogens with zero attached hydrogens (tertiary/aromatic N) is 3. The fourth-order valence-corrected chi connectivity index (χ4v) is 3.48. The molecule has 0 bridgehead atoms. The first kappa shape index (κ1) is 18.4. The summed E-state index contributed by atoms with van der Waals surface area (Å²) in [5.74, 6) is 8.06. The molecular formula is C16H13BrCl2N4OS. The summed E-state index contributed by atoms with van der Waals surface area (Å²) in [6.07, 6.45) is 0. The average molecular weight is 460 g/mol. The summed E-state index contributed by atoms with van der Waals surface area (Å²) in [4.78, 5) is 0. The first-order valence-corrected chi connectivity index (χ1v) is 9.75. The van der Waals surface area contributed by atoms with Crippen LogP contribution >= 0.6 is 50.9 Å². The van der Waals surface area contributed by atoms with Crippen molar-refractivity contribution in [2.75, 3.05) is 18.2 Å². The number of thioether (sulfide) groups is 1. The minimum absolute atomic E-state index is 0.474. The normalized spacial score (nSPS) is 10.8. The molecule has 3 aromatic rings. The minimum Gasteiger partial charge on any atom is -0.493 e. The Morgan fingerprint density at radius 2 is 1.88 bits per heavy atom. The molecule has 2 aromatic carbocycles. The summed E-state index contributed by atoms with van der Waals surface area (Å²) in [6.45, 7) is 0.524. The smallest absolute Gasteiger partial charge is 0.210 e. The van der Waals surface area contributed by atoms with Crippen LogP contribution in [0, 0.1) is 0 Å². The molecule has 130 valence electrons. The lowest BCUT2D eigenvalue weighted by molar-refractivity contribution is 0.344. The van der Waals surface area contributed by atoms with E-state index in [1.54, 1.807) is 18.2 Å². The number of benzene rings is 2. The summed E-state index contributed by atoms with van der Waals surface area (Å²) in [6, 6.07) is 12.8. The van der Waals surface area contributed by atoms with Gasteiger partial charge in [0.05, 0.1) is 11.6 Å². The predicted octanol–water partition coefficient (Wildman–Crippen LogP) is 4.90. The van der Waals surface area contributed by atoms with Crippen molar-refractivity contribution >= 4 is 50.9 Å². The average Bonchev–Trinajstić information content (AvgIpc) is 2.94. The lowest BCUT2D eigenvalue weighted by Gasteiger charge is -2.07. The molecule has 0 radical (unpaired) electrons. The third-order valence-corrected chi connectivity index (χ3v) is 5.22. The Morgan fingerprint density at radius 3 is 2.60 bits per heavy atom. The van der Waals surface area contributed by atoms with Gasteiger partial charge < -0.3 is 10.6 Å². The van der Waals surface area contributed by atoms with E-state index in [4.69, 9.17) is 33.8 Å². The van der Waals surface area contributed by atoms with Crippen LogP contribution in [-0.2, 0) is 0 Å². The molecule has 0 saturated heterocycles. The minimum atomic E-state index is 0.474. The maximum atomic E-state index is 6.20. The van der Waals surface area contributed by atoms with E-state index in [1.165, 1.54) is 16.4 Å². The predicted molar refractivity (Wildman–Crippen MR) is 106 cm³/mol. The molecule has 0 amide bonds. The second-order valence-electron chi connectivity index (χ2n) is 4.95. The Morgan fingerprint density at radius 1 is 1.12 bits per heavy atom. The second-order valence-corrected chi connectivity index (χ2v) is 7.77. The first-order chi connectivity index (χ1) is 12.0. The van der Waals surface area contributed by atoms with Gasteiger partial charge in [0, 0.05) is 20.8 Å². The molecule has 25 heavy (non-hydrogen) atoms. The highest BCUT2D eigenvalue weighted by molar-refractivity contribution is 9.10. The molecule has 1 heterocycles. The molecule has 2 N–H and O–H groups in total. The largest absolute Gasteiger partial charge is 0.493 e. The molecule has 0 aliphatic heterocycles. The second kappa shape index (κ2) is 8.31. The molecule has 0 fully saturated rings. The van der Waals surface area contributed by atoms with E-state index in [0.29, 0.717) is 38.9 Å². The highest BCUT2D eigenvalue weighted by Crippen LogP contribution is 2.30. The van der Waals surface area contributed by atoms with E-state index in [2.05, 4.69) is 26.1 Å². The Bertz CT molecular complexity index is 873. The van der Waals surface area contributed by atoms with Crippen molar-refractivity contribution in [2.45, 2.75) is 5.16 Å². The third-order valence-electron chi connectivity index (χ3n) is 3.23. The van der Waals surface area contributed by atoms with Gasteiger partial charge in [-0.25, -0.2) is 4.68 Å². The van der Waals surface area contributed by atoms with Gasteiger partial charge in [-0.05, 0) is 42.5 Å². The van der Waals surface area contributed by atoms with Crippen molar-refractivity contribution in [2.24, 2.45) is 0 Å². The topological polar surface area (TPSA) is 66.0 Å². The number of aromatic nitrogens is 3. The molecular weight excluding hydrogens is 447 g/mol. The van der Waals surface area contributed by atoms with Crippen LogP contribution in [0.25, 0.3) is 11.4 Å². The summed E-state index contributed by atoms with van der Waals surface area (Å²) >= 11 is 17.0. The SMILES string of the molecule is Nn1c(SCCOc2ccc(Br)cc2)nnc1-c1ccc(Cl)cc1Cl. The van der Waals surface area contributed by atoms with Crippen LogP contribution in [0.15, 0.2) is 52.1 Å². The number of hydrogen-bond acceptors (Lipinski definition) is 5. The number of halogens is 3. The van der Waals surface area contributed by atoms with Gasteiger partial charge in [0.15, 0.2) is 5.82 Å². The first-order valence-electron chi connectivity index (χ1n) is 7.21. The van der Waals surface area contributed by atoms with Gasteiger partial charge in [-0.2, -0.15) is 0 Å². The van der Waals surface area contributed by atoms with Crippen LogP contribution in [0.5, 0.6) is 5.75 Å². The van der Waals surface area contributed by atoms with Gasteiger partial charge in [-0.1, -0.05) is 50.9 Å². The molecule has 1 aromatic heterocycles. The van der Waals surface area contributed by atoms with Gasteiger partial charge in [0.2, 0.25) is 5.16 Å². The third kappa shape index (κ3) is 4.61. The Kier molecular flexibility index (Phi) is 6.11. The fourth-order valence-electron chi connectivity index (χ4n) is 2.05. The molecule has 0 unspecified atom stereocenters. The van der Waals surface area contributed by atoms with Crippen molar-refractivity contribution in [3.05, 3.63) is 57.0 Å². The zero-order valence-corrected chi connectivity index (χ0v) is 16.7. The van der Waals surface area contributed by atoms with Crippen LogP contribution < -0.4 is 10.6 Å². The number of rotatable bonds is 6. The van der Waals surface area contributed by atoms with E-state index < -0.39 is 0 Å². The van der Waals surface area contributed by atoms with Crippen LogP contribution in [-0.4, -0.2) is 27.2 Å². The van der Waals surface area contributed by atoms with Crippen molar-refractivity contribution in [1.82, 2.24) is 14.9 Å². The van der Waals surface area contributed by atoms with E-state index >= 15 is 0 Å². The Hall–Kier alpha value is -1.41. The van der Waals surface area contributed by atoms with Crippen molar-refractivity contribution < 1.29 is 4.74 Å². The molecule has 0 aliphatic rings. The molecule has 5 nitrogen and oxygen atoms in total. The van der Waals surface area contributed by atoms with Crippen LogP contribution in [0.1, 0.15) is 0 Å². The summed E-state index contributed by atoms with van der Waals surface area (Å²) in [5.41, 5.74) is 0.680. The number of hydrogen-bond donors (Lipinski definition) is 1. The van der Waals surface area contributed by atoms with E-state index in [1.807, 2.05) is 24.3 Å². The summed E-state index contributed by atoms with van der Waals surface area (Å²) < 4.78 is 8.10. The Balaban J connectivity index is 1.60. The highest BCUT2D eigenvalue weighted by atomic mass is 79.9. The van der Waals surface area contributed by atoms with Gasteiger partial charge in [-0.15, -0.1) is 10.2 Å². The van der Waals surface area contributed by atoms with Crippen LogP contribution in [0.4, 0.5) is 0 Å². The van der Waals surface area contributed by atoms with Gasteiger partial charge in [0.25, 0.3) is 0 Å². The number of nitrogen functional groups attached to an aromatic ring is 1.